The molecule has 1 rings (SSSR count). The number of hydrogen-bond donors (Lipinski definition) is 2. The lowest BCUT2D eigenvalue weighted by molar-refractivity contribution is -0.116. The Hall–Kier alpha value is -1.84. The number of carbonyl (C=O) groups excluding carboxylic acids is 1. The van der Waals surface area contributed by atoms with Gasteiger partial charge in [-0.1, -0.05) is 12.1 Å². The molecule has 0 radical (unpaired) electrons. The molecule has 1 aromatic rings. The van der Waals surface area contributed by atoms with Crippen LogP contribution >= 0.6 is 0 Å². The number of aliphatic imine (C=N–C) groups is 1. The van der Waals surface area contributed by atoms with Gasteiger partial charge in [-0.05, 0) is 12.1 Å². The molecule has 0 fully saturated rings. The van der Waals surface area contributed by atoms with Crippen LogP contribution in [0.3, 0.4) is 0 Å². The number of phenolic OH excluding ortho intramolecular Hbond substituents is 1. The van der Waals surface area contributed by atoms with Gasteiger partial charge in [0, 0.05) is 11.8 Å². The van der Waals surface area contributed by atoms with E-state index < -0.39 is 5.91 Å². The van der Waals surface area contributed by atoms with Crippen molar-refractivity contribution in [1.29, 1.82) is 0 Å². The highest BCUT2D eigenvalue weighted by Crippen LogP contribution is 2.12. The summed E-state index contributed by atoms with van der Waals surface area (Å²) in [5, 5.41) is 9.27. The van der Waals surface area contributed by atoms with E-state index in [0.29, 0.717) is 5.56 Å². The van der Waals surface area contributed by atoms with E-state index in [0.717, 1.165) is 0 Å². The molecule has 0 spiro atoms. The van der Waals surface area contributed by atoms with Crippen LogP contribution in [0.15, 0.2) is 29.3 Å². The molecule has 0 saturated heterocycles. The van der Waals surface area contributed by atoms with E-state index in [1.165, 1.54) is 6.21 Å². The summed E-state index contributed by atoms with van der Waals surface area (Å²) in [7, 11) is 0. The smallest absolute Gasteiger partial charge is 0.239 e. The van der Waals surface area contributed by atoms with Crippen molar-refractivity contribution >= 4 is 12.1 Å². The number of hydrogen-bond acceptors (Lipinski definition) is 3. The Morgan fingerprint density at radius 1 is 1.54 bits per heavy atom. The van der Waals surface area contributed by atoms with E-state index in [2.05, 4.69) is 4.99 Å². The first kappa shape index (κ1) is 9.25. The Morgan fingerprint density at radius 3 is 2.85 bits per heavy atom. The third-order valence-corrected chi connectivity index (χ3v) is 1.41. The van der Waals surface area contributed by atoms with E-state index in [4.69, 9.17) is 5.73 Å². The number of carbonyl (C=O) groups is 1. The maximum atomic E-state index is 10.3. The van der Waals surface area contributed by atoms with Crippen molar-refractivity contribution in [3.8, 4) is 5.75 Å². The normalized spacial score (nSPS) is 10.5. The van der Waals surface area contributed by atoms with E-state index >= 15 is 0 Å². The zero-order valence-electron chi connectivity index (χ0n) is 6.97. The fourth-order valence-corrected chi connectivity index (χ4v) is 0.831. The highest BCUT2D eigenvalue weighted by atomic mass is 16.3. The molecule has 68 valence electrons. The van der Waals surface area contributed by atoms with Gasteiger partial charge in [0.1, 0.15) is 12.3 Å². The Balaban J connectivity index is 2.68. The van der Waals surface area contributed by atoms with E-state index in [1.807, 2.05) is 0 Å². The van der Waals surface area contributed by atoms with Crippen molar-refractivity contribution in [3.05, 3.63) is 29.8 Å². The minimum atomic E-state index is -0.494. The molecule has 1 aromatic carbocycles. The number of primary amides is 1. The topological polar surface area (TPSA) is 75.7 Å². The van der Waals surface area contributed by atoms with Crippen molar-refractivity contribution < 1.29 is 9.90 Å². The lowest BCUT2D eigenvalue weighted by Gasteiger charge is -1.95. The van der Waals surface area contributed by atoms with Crippen LogP contribution in [0.25, 0.3) is 0 Å². The molecule has 3 N–H and O–H groups in total. The summed E-state index contributed by atoms with van der Waals surface area (Å²) < 4.78 is 0. The number of benzene rings is 1. The summed E-state index contributed by atoms with van der Waals surface area (Å²) in [5.41, 5.74) is 5.45. The van der Waals surface area contributed by atoms with Gasteiger partial charge in [-0.25, -0.2) is 0 Å². The average molecular weight is 178 g/mol. The van der Waals surface area contributed by atoms with Crippen LogP contribution in [0.2, 0.25) is 0 Å². The van der Waals surface area contributed by atoms with Crippen LogP contribution in [0.1, 0.15) is 5.56 Å². The molecule has 0 aliphatic heterocycles. The molecule has 0 aliphatic rings. The van der Waals surface area contributed by atoms with Gasteiger partial charge in [-0.2, -0.15) is 0 Å². The number of nitrogens with zero attached hydrogens (tertiary/aromatic N) is 1. The van der Waals surface area contributed by atoms with Crippen molar-refractivity contribution in [1.82, 2.24) is 0 Å². The van der Waals surface area contributed by atoms with E-state index in [-0.39, 0.29) is 12.3 Å². The van der Waals surface area contributed by atoms with Crippen molar-refractivity contribution in [2.45, 2.75) is 0 Å². The number of rotatable bonds is 3. The van der Waals surface area contributed by atoms with Gasteiger partial charge in [0.15, 0.2) is 0 Å². The van der Waals surface area contributed by atoms with Crippen molar-refractivity contribution in [2.24, 2.45) is 10.7 Å². The molecule has 0 aromatic heterocycles. The molecule has 0 atom stereocenters. The van der Waals surface area contributed by atoms with E-state index in [9.17, 15) is 9.90 Å². The summed E-state index contributed by atoms with van der Waals surface area (Å²) in [5.74, 6) is -0.359. The summed E-state index contributed by atoms with van der Waals surface area (Å²) in [4.78, 5) is 14.1. The van der Waals surface area contributed by atoms with Crippen LogP contribution < -0.4 is 5.73 Å². The molecule has 4 heteroatoms. The minimum Gasteiger partial charge on any atom is -0.507 e. The van der Waals surface area contributed by atoms with Gasteiger partial charge < -0.3 is 10.8 Å². The predicted molar refractivity (Wildman–Crippen MR) is 49.8 cm³/mol. The number of aromatic hydroxyl groups is 1. The summed E-state index contributed by atoms with van der Waals surface area (Å²) >= 11 is 0. The number of para-hydroxylation sites is 1. The third kappa shape index (κ3) is 2.94. The average Bonchev–Trinajstić information content (AvgIpc) is 2.08. The summed E-state index contributed by atoms with van der Waals surface area (Å²) in [6.45, 7) is -0.0612. The van der Waals surface area contributed by atoms with Gasteiger partial charge in [0.05, 0.1) is 0 Å². The predicted octanol–water partition coefficient (Wildman–Crippen LogP) is 0.296. The summed E-state index contributed by atoms with van der Waals surface area (Å²) in [6, 6.07) is 6.72. The first-order valence-corrected chi connectivity index (χ1v) is 3.76. The number of nitrogens with two attached hydrogens (primary N) is 1. The number of phenols is 1. The quantitative estimate of drug-likeness (QED) is 0.653. The maximum Gasteiger partial charge on any atom is 0.239 e. The molecule has 0 heterocycles. The standard InChI is InChI=1S/C9H10N2O2/c10-9(13)6-11-5-7-3-1-2-4-8(7)12/h1-5,12H,6H2,(H2,10,13)/b11-5+. The molecule has 4 nitrogen and oxygen atoms in total. The van der Waals surface area contributed by atoms with Crippen LogP contribution in [-0.2, 0) is 4.79 Å². The van der Waals surface area contributed by atoms with Crippen LogP contribution in [-0.4, -0.2) is 23.8 Å². The zero-order valence-corrected chi connectivity index (χ0v) is 6.97. The van der Waals surface area contributed by atoms with Crippen LogP contribution in [0.4, 0.5) is 0 Å². The Kier molecular flexibility index (Phi) is 3.03. The molecule has 0 unspecified atom stereocenters. The van der Waals surface area contributed by atoms with Crippen molar-refractivity contribution in [3.63, 3.8) is 0 Å². The lowest BCUT2D eigenvalue weighted by atomic mass is 10.2. The molecule has 0 bridgehead atoms. The fourth-order valence-electron chi connectivity index (χ4n) is 0.831. The van der Waals surface area contributed by atoms with Gasteiger partial charge >= 0.3 is 0 Å². The SMILES string of the molecule is NC(=O)C/N=C/c1ccccc1O. The van der Waals surface area contributed by atoms with Gasteiger partial charge in [-0.15, -0.1) is 0 Å². The van der Waals surface area contributed by atoms with Gasteiger partial charge in [0.2, 0.25) is 5.91 Å². The molecular weight excluding hydrogens is 168 g/mol. The highest BCUT2D eigenvalue weighted by molar-refractivity contribution is 5.85. The third-order valence-electron chi connectivity index (χ3n) is 1.41. The van der Waals surface area contributed by atoms with Crippen LogP contribution in [0, 0.1) is 0 Å². The van der Waals surface area contributed by atoms with Crippen LogP contribution in [0.5, 0.6) is 5.75 Å². The van der Waals surface area contributed by atoms with Gasteiger partial charge in [-0.3, -0.25) is 9.79 Å². The molecule has 1 amide bonds. The molecule has 0 aliphatic carbocycles. The second-order valence-corrected chi connectivity index (χ2v) is 2.49. The van der Waals surface area contributed by atoms with Crippen molar-refractivity contribution in [2.75, 3.05) is 6.54 Å². The minimum absolute atomic E-state index is 0.0612. The highest BCUT2D eigenvalue weighted by Gasteiger charge is 1.94. The van der Waals surface area contributed by atoms with Gasteiger partial charge in [0.25, 0.3) is 0 Å². The molecular formula is C9H10N2O2. The lowest BCUT2D eigenvalue weighted by Crippen LogP contribution is -2.14. The second-order valence-electron chi connectivity index (χ2n) is 2.49. The second kappa shape index (κ2) is 4.25. The largest absolute Gasteiger partial charge is 0.507 e. The molecule has 0 saturated carbocycles. The Bertz CT molecular complexity index is 334. The maximum absolute atomic E-state index is 10.3. The molecule has 13 heavy (non-hydrogen) atoms. The first-order chi connectivity index (χ1) is 6.20. The summed E-state index contributed by atoms with van der Waals surface area (Å²) in [6.07, 6.45) is 1.42. The fraction of sp³-hybridized carbons (Fsp3) is 0.111. The first-order valence-electron chi connectivity index (χ1n) is 3.76. The Morgan fingerprint density at radius 2 is 2.23 bits per heavy atom. The number of amides is 1. The monoisotopic (exact) mass is 178 g/mol. The zero-order chi connectivity index (χ0) is 9.68. The Labute approximate surface area is 75.7 Å². The van der Waals surface area contributed by atoms with E-state index in [1.54, 1.807) is 24.3 Å².